The molecule has 0 unspecified atom stereocenters. The van der Waals surface area contributed by atoms with Gasteiger partial charge in [0.05, 0.1) is 11.2 Å². The highest BCUT2D eigenvalue weighted by Crippen LogP contribution is 2.21. The average Bonchev–Trinajstić information content (AvgIpc) is 2.88. The first-order valence-electron chi connectivity index (χ1n) is 13.1. The summed E-state index contributed by atoms with van der Waals surface area (Å²) in [5.41, 5.74) is 9.86. The number of amides is 3. The van der Waals surface area contributed by atoms with Crippen LogP contribution in [0.3, 0.4) is 0 Å². The predicted octanol–water partition coefficient (Wildman–Crippen LogP) is 1.71. The molecule has 6 N–H and O–H groups in total. The van der Waals surface area contributed by atoms with Crippen molar-refractivity contribution in [3.63, 3.8) is 0 Å². The first kappa shape index (κ1) is 31.4. The van der Waals surface area contributed by atoms with Crippen LogP contribution in [0.15, 0.2) is 29.2 Å². The molecule has 40 heavy (non-hydrogen) atoms. The summed E-state index contributed by atoms with van der Waals surface area (Å²) in [6.07, 6.45) is 4.75. The van der Waals surface area contributed by atoms with Crippen LogP contribution in [0.1, 0.15) is 45.1 Å². The van der Waals surface area contributed by atoms with Crippen molar-refractivity contribution >= 4 is 30.2 Å². The van der Waals surface area contributed by atoms with Crippen molar-refractivity contribution in [1.82, 2.24) is 24.7 Å². The van der Waals surface area contributed by atoms with Crippen molar-refractivity contribution in [2.75, 3.05) is 31.5 Å². The molecule has 2 fully saturated rings. The van der Waals surface area contributed by atoms with E-state index in [1.807, 2.05) is 0 Å². The number of anilines is 1. The predicted molar refractivity (Wildman–Crippen MR) is 150 cm³/mol. The van der Waals surface area contributed by atoms with Gasteiger partial charge in [-0.05, 0) is 57.7 Å². The van der Waals surface area contributed by atoms with E-state index in [2.05, 4.69) is 15.6 Å². The normalized spacial score (nSPS) is 19.6. The van der Waals surface area contributed by atoms with Crippen LogP contribution in [0, 0.1) is 11.6 Å². The molecule has 11 nitrogen and oxygen atoms in total. The van der Waals surface area contributed by atoms with Crippen LogP contribution in [0.4, 0.5) is 19.4 Å². The van der Waals surface area contributed by atoms with E-state index in [1.54, 1.807) is 18.7 Å². The van der Waals surface area contributed by atoms with Crippen LogP contribution in [0.25, 0.3) is 5.69 Å². The Balaban J connectivity index is 0.00000441. The summed E-state index contributed by atoms with van der Waals surface area (Å²) >= 11 is 0. The molecule has 1 aliphatic heterocycles. The van der Waals surface area contributed by atoms with Gasteiger partial charge in [-0.15, -0.1) is 12.4 Å². The number of rotatable bonds is 6. The number of halogens is 3. The van der Waals surface area contributed by atoms with Crippen molar-refractivity contribution in [1.29, 1.82) is 0 Å². The molecular weight excluding hydrogens is 546 g/mol. The molecule has 0 spiro atoms. The molecule has 4 rings (SSSR count). The van der Waals surface area contributed by atoms with Crippen LogP contribution in [0.5, 0.6) is 0 Å². The van der Waals surface area contributed by atoms with Crippen LogP contribution in [-0.2, 0) is 11.3 Å². The molecule has 2 heterocycles. The minimum absolute atomic E-state index is 0. The maximum absolute atomic E-state index is 14.8. The summed E-state index contributed by atoms with van der Waals surface area (Å²) in [4.78, 5) is 44.6. The van der Waals surface area contributed by atoms with Gasteiger partial charge in [-0.25, -0.2) is 18.4 Å². The average molecular weight is 583 g/mol. The Morgan fingerprint density at radius 2 is 1.62 bits per heavy atom. The van der Waals surface area contributed by atoms with E-state index in [9.17, 15) is 23.2 Å². The second-order valence-corrected chi connectivity index (χ2v) is 10.8. The monoisotopic (exact) mass is 582 g/mol. The molecular formula is C26H37ClF2N8O3. The fraction of sp³-hybridized carbons (Fsp3) is 0.538. The van der Waals surface area contributed by atoms with Gasteiger partial charge >= 0.3 is 11.7 Å². The third kappa shape index (κ3) is 7.53. The Morgan fingerprint density at radius 1 is 1.05 bits per heavy atom. The van der Waals surface area contributed by atoms with Crippen molar-refractivity contribution in [2.45, 2.75) is 63.7 Å². The largest absolute Gasteiger partial charge is 0.354 e. The second-order valence-electron chi connectivity index (χ2n) is 10.8. The first-order valence-corrected chi connectivity index (χ1v) is 13.1. The number of carbonyl (C=O) groups excluding carboxylic acids is 2. The van der Waals surface area contributed by atoms with E-state index in [1.165, 1.54) is 17.2 Å². The van der Waals surface area contributed by atoms with E-state index < -0.39 is 28.9 Å². The molecule has 1 saturated carbocycles. The highest BCUT2D eigenvalue weighted by Gasteiger charge is 2.31. The summed E-state index contributed by atoms with van der Waals surface area (Å²) in [5, 5.41) is 5.75. The number of nitrogens with two attached hydrogens (primary N) is 2. The lowest BCUT2D eigenvalue weighted by Gasteiger charge is -2.37. The number of hydrogen-bond acceptors (Lipinski definition) is 7. The lowest BCUT2D eigenvalue weighted by molar-refractivity contribution is -0.137. The van der Waals surface area contributed by atoms with Crippen molar-refractivity contribution in [3.05, 3.63) is 52.1 Å². The van der Waals surface area contributed by atoms with Gasteiger partial charge in [0, 0.05) is 56.6 Å². The molecule has 2 aliphatic rings. The van der Waals surface area contributed by atoms with Crippen LogP contribution in [0.2, 0.25) is 0 Å². The van der Waals surface area contributed by atoms with E-state index in [0.29, 0.717) is 26.2 Å². The van der Waals surface area contributed by atoms with Gasteiger partial charge in [0.2, 0.25) is 5.91 Å². The second kappa shape index (κ2) is 13.0. The summed E-state index contributed by atoms with van der Waals surface area (Å²) in [5.74, 6) is -1.74. The van der Waals surface area contributed by atoms with E-state index in [0.717, 1.165) is 42.4 Å². The summed E-state index contributed by atoms with van der Waals surface area (Å²) in [6, 6.07) is 3.40. The molecule has 220 valence electrons. The van der Waals surface area contributed by atoms with Crippen LogP contribution >= 0.6 is 12.4 Å². The minimum atomic E-state index is -0.995. The highest BCUT2D eigenvalue weighted by atomic mass is 35.5. The molecule has 1 aliphatic carbocycles. The Hall–Kier alpha value is -3.13. The maximum Gasteiger partial charge on any atom is 0.354 e. The SMILES string of the molecule is CC(C)(N)C(=O)N1CCN(C(=O)Nc2ccn(-c3cc(F)c(CNC4CCC(N)CC4)c(F)c3)c(=O)n2)CC1.Cl. The fourth-order valence-electron chi connectivity index (χ4n) is 4.85. The zero-order valence-corrected chi connectivity index (χ0v) is 23.5. The number of carbonyl (C=O) groups is 2. The molecule has 0 bridgehead atoms. The van der Waals surface area contributed by atoms with E-state index >= 15 is 0 Å². The number of urea groups is 1. The molecule has 2 aromatic rings. The van der Waals surface area contributed by atoms with Crippen molar-refractivity contribution in [2.24, 2.45) is 11.5 Å². The lowest BCUT2D eigenvalue weighted by atomic mass is 9.92. The summed E-state index contributed by atoms with van der Waals surface area (Å²) in [7, 11) is 0. The van der Waals surface area contributed by atoms with Gasteiger partial charge in [0.25, 0.3) is 0 Å². The Bertz CT molecular complexity index is 1250. The van der Waals surface area contributed by atoms with Crippen LogP contribution < -0.4 is 27.8 Å². The number of nitrogens with one attached hydrogen (secondary N) is 2. The number of nitrogens with zero attached hydrogens (tertiary/aromatic N) is 4. The number of piperazine rings is 1. The zero-order valence-electron chi connectivity index (χ0n) is 22.7. The summed E-state index contributed by atoms with van der Waals surface area (Å²) in [6.45, 7) is 4.54. The molecule has 14 heteroatoms. The lowest BCUT2D eigenvalue weighted by Crippen LogP contribution is -2.58. The van der Waals surface area contributed by atoms with Crippen molar-refractivity contribution in [3.8, 4) is 5.69 Å². The smallest absolute Gasteiger partial charge is 0.338 e. The van der Waals surface area contributed by atoms with Gasteiger partial charge in [0.15, 0.2) is 0 Å². The minimum Gasteiger partial charge on any atom is -0.338 e. The summed E-state index contributed by atoms with van der Waals surface area (Å²) < 4.78 is 30.6. The highest BCUT2D eigenvalue weighted by molar-refractivity contribution is 5.89. The van der Waals surface area contributed by atoms with Gasteiger partial charge in [-0.3, -0.25) is 14.7 Å². The van der Waals surface area contributed by atoms with Crippen molar-refractivity contribution < 1.29 is 18.4 Å². The van der Waals surface area contributed by atoms with E-state index in [4.69, 9.17) is 11.5 Å². The number of aromatic nitrogens is 2. The quantitative estimate of drug-likeness (QED) is 0.405. The van der Waals surface area contributed by atoms with Gasteiger partial charge in [-0.1, -0.05) is 0 Å². The molecule has 1 aromatic heterocycles. The molecule has 0 radical (unpaired) electrons. The Morgan fingerprint density at radius 3 is 2.17 bits per heavy atom. The van der Waals surface area contributed by atoms with E-state index in [-0.39, 0.29) is 54.0 Å². The molecule has 1 saturated heterocycles. The Labute approximate surface area is 237 Å². The Kier molecular flexibility index (Phi) is 10.2. The zero-order chi connectivity index (χ0) is 28.3. The molecule has 1 aromatic carbocycles. The first-order chi connectivity index (χ1) is 18.4. The third-order valence-electron chi connectivity index (χ3n) is 7.19. The van der Waals surface area contributed by atoms with Gasteiger partial charge in [-0.2, -0.15) is 4.98 Å². The van der Waals surface area contributed by atoms with Gasteiger partial charge < -0.3 is 26.6 Å². The topological polar surface area (TPSA) is 152 Å². The molecule has 0 atom stereocenters. The number of hydrogen-bond donors (Lipinski definition) is 4. The van der Waals surface area contributed by atoms with Crippen LogP contribution in [-0.4, -0.2) is 75.1 Å². The standard InChI is InChI=1S/C26H36F2N8O3.ClH/c1-26(2,30)23(37)34-9-11-35(12-10-34)24(38)32-22-7-8-36(25(39)33-22)18-13-20(27)19(21(28)14-18)15-31-17-5-3-16(29)4-6-17;/h7-8,13-14,16-17,31H,3-6,9-12,15,29-30H2,1-2H3,(H,32,33,38,39);1H. The fourth-order valence-corrected chi connectivity index (χ4v) is 4.85. The van der Waals surface area contributed by atoms with Gasteiger partial charge in [0.1, 0.15) is 17.5 Å². The maximum atomic E-state index is 14.8. The number of benzene rings is 1. The molecule has 3 amide bonds. The third-order valence-corrected chi connectivity index (χ3v) is 7.19.